The van der Waals surface area contributed by atoms with E-state index in [-0.39, 0.29) is 6.03 Å². The highest BCUT2D eigenvalue weighted by atomic mass is 79.9. The van der Waals surface area contributed by atoms with E-state index < -0.39 is 0 Å². The van der Waals surface area contributed by atoms with E-state index in [4.69, 9.17) is 11.6 Å². The lowest BCUT2D eigenvalue weighted by Gasteiger charge is -2.09. The highest BCUT2D eigenvalue weighted by Gasteiger charge is 2.05. The summed E-state index contributed by atoms with van der Waals surface area (Å²) < 4.78 is 0.922. The average molecular weight is 354 g/mol. The average Bonchev–Trinajstić information content (AvgIpc) is 2.32. The number of urea groups is 1. The number of halogens is 2. The molecule has 2 N–H and O–H groups in total. The number of carbonyl (C=O) groups is 1. The SMILES string of the molecule is Cc1cc(Br)cc(NC(=O)Nc2ccc(C)c(Cl)c2)c1. The van der Waals surface area contributed by atoms with E-state index in [9.17, 15) is 4.79 Å². The minimum atomic E-state index is -0.303. The normalized spacial score (nSPS) is 10.2. The maximum atomic E-state index is 11.9. The first-order valence-electron chi connectivity index (χ1n) is 6.05. The smallest absolute Gasteiger partial charge is 0.308 e. The van der Waals surface area contributed by atoms with E-state index in [2.05, 4.69) is 26.6 Å². The molecular weight excluding hydrogens is 340 g/mol. The van der Waals surface area contributed by atoms with Crippen molar-refractivity contribution in [3.63, 3.8) is 0 Å². The molecule has 0 aliphatic rings. The van der Waals surface area contributed by atoms with Crippen LogP contribution < -0.4 is 10.6 Å². The number of hydrogen-bond acceptors (Lipinski definition) is 1. The largest absolute Gasteiger partial charge is 0.323 e. The Morgan fingerprint density at radius 3 is 2.40 bits per heavy atom. The van der Waals surface area contributed by atoms with Crippen molar-refractivity contribution in [2.45, 2.75) is 13.8 Å². The number of aryl methyl sites for hydroxylation is 2. The van der Waals surface area contributed by atoms with Crippen LogP contribution in [0.3, 0.4) is 0 Å². The standard InChI is InChI=1S/C15H14BrClN2O/c1-9-5-11(16)7-13(6-9)19-15(20)18-12-4-3-10(2)14(17)8-12/h3-8H,1-2H3,(H2,18,19,20). The predicted molar refractivity (Wildman–Crippen MR) is 87.7 cm³/mol. The number of nitrogens with one attached hydrogen (secondary N) is 2. The van der Waals surface area contributed by atoms with Gasteiger partial charge >= 0.3 is 6.03 Å². The Balaban J connectivity index is 2.06. The van der Waals surface area contributed by atoms with E-state index in [0.29, 0.717) is 10.7 Å². The van der Waals surface area contributed by atoms with Crippen LogP contribution in [0.2, 0.25) is 5.02 Å². The molecule has 0 aliphatic carbocycles. The van der Waals surface area contributed by atoms with Gasteiger partial charge in [-0.05, 0) is 55.3 Å². The van der Waals surface area contributed by atoms with Crippen molar-refractivity contribution in [2.24, 2.45) is 0 Å². The van der Waals surface area contributed by atoms with Gasteiger partial charge in [0.15, 0.2) is 0 Å². The first-order chi connectivity index (χ1) is 9.44. The summed E-state index contributed by atoms with van der Waals surface area (Å²) in [6.07, 6.45) is 0. The number of amides is 2. The summed E-state index contributed by atoms with van der Waals surface area (Å²) in [5.74, 6) is 0. The van der Waals surface area contributed by atoms with Crippen molar-refractivity contribution >= 4 is 44.9 Å². The van der Waals surface area contributed by atoms with Crippen molar-refractivity contribution in [1.82, 2.24) is 0 Å². The number of anilines is 2. The zero-order valence-corrected chi connectivity index (χ0v) is 13.5. The summed E-state index contributed by atoms with van der Waals surface area (Å²) in [6.45, 7) is 3.88. The number of carbonyl (C=O) groups excluding carboxylic acids is 1. The summed E-state index contributed by atoms with van der Waals surface area (Å²) in [4.78, 5) is 11.9. The Kier molecular flexibility index (Phi) is 4.68. The first kappa shape index (κ1) is 14.9. The van der Waals surface area contributed by atoms with Gasteiger partial charge in [0, 0.05) is 20.9 Å². The van der Waals surface area contributed by atoms with Crippen molar-refractivity contribution in [2.75, 3.05) is 10.6 Å². The Morgan fingerprint density at radius 2 is 1.75 bits per heavy atom. The third kappa shape index (κ3) is 3.99. The van der Waals surface area contributed by atoms with Gasteiger partial charge in [0.2, 0.25) is 0 Å². The monoisotopic (exact) mass is 352 g/mol. The Bertz CT molecular complexity index is 638. The summed E-state index contributed by atoms with van der Waals surface area (Å²) in [6, 6.07) is 10.8. The van der Waals surface area contributed by atoms with Gasteiger partial charge in [-0.3, -0.25) is 0 Å². The molecule has 0 saturated carbocycles. The van der Waals surface area contributed by atoms with Gasteiger partial charge in [-0.25, -0.2) is 4.79 Å². The molecule has 2 rings (SSSR count). The van der Waals surface area contributed by atoms with Crippen LogP contribution in [0.5, 0.6) is 0 Å². The lowest BCUT2D eigenvalue weighted by molar-refractivity contribution is 0.262. The molecule has 20 heavy (non-hydrogen) atoms. The van der Waals surface area contributed by atoms with Gasteiger partial charge in [0.05, 0.1) is 0 Å². The molecule has 0 fully saturated rings. The third-order valence-corrected chi connectivity index (χ3v) is 3.59. The molecular formula is C15H14BrClN2O. The van der Waals surface area contributed by atoms with Crippen molar-refractivity contribution < 1.29 is 4.79 Å². The minimum Gasteiger partial charge on any atom is -0.308 e. The fraction of sp³-hybridized carbons (Fsp3) is 0.133. The Morgan fingerprint density at radius 1 is 1.05 bits per heavy atom. The van der Waals surface area contributed by atoms with Crippen LogP contribution >= 0.6 is 27.5 Å². The Labute approximate surface area is 131 Å². The highest BCUT2D eigenvalue weighted by Crippen LogP contribution is 2.21. The number of benzene rings is 2. The summed E-state index contributed by atoms with van der Waals surface area (Å²) in [5.41, 5.74) is 3.42. The molecule has 0 atom stereocenters. The molecule has 2 aromatic rings. The van der Waals surface area contributed by atoms with Crippen LogP contribution in [-0.4, -0.2) is 6.03 Å². The van der Waals surface area contributed by atoms with Gasteiger partial charge in [-0.2, -0.15) is 0 Å². The molecule has 0 heterocycles. The van der Waals surface area contributed by atoms with E-state index >= 15 is 0 Å². The second kappa shape index (κ2) is 6.29. The molecule has 5 heteroatoms. The van der Waals surface area contributed by atoms with E-state index in [0.717, 1.165) is 21.3 Å². The lowest BCUT2D eigenvalue weighted by atomic mass is 10.2. The summed E-state index contributed by atoms with van der Waals surface area (Å²) >= 11 is 9.42. The van der Waals surface area contributed by atoms with Gasteiger partial charge < -0.3 is 10.6 Å². The minimum absolute atomic E-state index is 0.303. The van der Waals surface area contributed by atoms with E-state index in [1.54, 1.807) is 6.07 Å². The second-order valence-electron chi connectivity index (χ2n) is 4.56. The summed E-state index contributed by atoms with van der Waals surface area (Å²) in [7, 11) is 0. The summed E-state index contributed by atoms with van der Waals surface area (Å²) in [5, 5.41) is 6.16. The number of rotatable bonds is 2. The van der Waals surface area contributed by atoms with Crippen molar-refractivity contribution in [3.05, 3.63) is 57.0 Å². The maximum Gasteiger partial charge on any atom is 0.323 e. The molecule has 104 valence electrons. The molecule has 0 radical (unpaired) electrons. The lowest BCUT2D eigenvalue weighted by Crippen LogP contribution is -2.19. The fourth-order valence-electron chi connectivity index (χ4n) is 1.77. The first-order valence-corrected chi connectivity index (χ1v) is 7.22. The molecule has 0 spiro atoms. The second-order valence-corrected chi connectivity index (χ2v) is 5.88. The molecule has 3 nitrogen and oxygen atoms in total. The zero-order valence-electron chi connectivity index (χ0n) is 11.1. The van der Waals surface area contributed by atoms with Crippen molar-refractivity contribution in [3.8, 4) is 0 Å². The van der Waals surface area contributed by atoms with Crippen LogP contribution in [0, 0.1) is 13.8 Å². The third-order valence-electron chi connectivity index (χ3n) is 2.73. The molecule has 2 amide bonds. The molecule has 0 unspecified atom stereocenters. The van der Waals surface area contributed by atoms with Crippen LogP contribution in [-0.2, 0) is 0 Å². The van der Waals surface area contributed by atoms with Crippen molar-refractivity contribution in [1.29, 1.82) is 0 Å². The van der Waals surface area contributed by atoms with Crippen LogP contribution in [0.1, 0.15) is 11.1 Å². The van der Waals surface area contributed by atoms with Crippen LogP contribution in [0.4, 0.5) is 16.2 Å². The molecule has 0 aromatic heterocycles. The Hall–Kier alpha value is -1.52. The fourth-order valence-corrected chi connectivity index (χ4v) is 2.56. The van der Waals surface area contributed by atoms with E-state index in [1.807, 2.05) is 44.2 Å². The topological polar surface area (TPSA) is 41.1 Å². The predicted octanol–water partition coefficient (Wildman–Crippen LogP) is 5.36. The molecule has 0 aliphatic heterocycles. The van der Waals surface area contributed by atoms with Gasteiger partial charge in [0.25, 0.3) is 0 Å². The van der Waals surface area contributed by atoms with E-state index in [1.165, 1.54) is 0 Å². The van der Waals surface area contributed by atoms with Crippen LogP contribution in [0.15, 0.2) is 40.9 Å². The van der Waals surface area contributed by atoms with Crippen LogP contribution in [0.25, 0.3) is 0 Å². The highest BCUT2D eigenvalue weighted by molar-refractivity contribution is 9.10. The van der Waals surface area contributed by atoms with Gasteiger partial charge in [0.1, 0.15) is 0 Å². The molecule has 0 saturated heterocycles. The quantitative estimate of drug-likeness (QED) is 0.749. The van der Waals surface area contributed by atoms with Gasteiger partial charge in [-0.15, -0.1) is 0 Å². The van der Waals surface area contributed by atoms with Gasteiger partial charge in [-0.1, -0.05) is 33.6 Å². The number of hydrogen-bond donors (Lipinski definition) is 2. The maximum absolute atomic E-state index is 11.9. The molecule has 2 aromatic carbocycles. The molecule has 0 bridgehead atoms. The zero-order chi connectivity index (χ0) is 14.7.